The van der Waals surface area contributed by atoms with Crippen LogP contribution in [0.1, 0.15) is 22.8 Å². The van der Waals surface area contributed by atoms with Crippen molar-refractivity contribution >= 4 is 34.5 Å². The molecule has 0 spiro atoms. The average Bonchev–Trinajstić information content (AvgIpc) is 2.65. The van der Waals surface area contributed by atoms with Gasteiger partial charge in [0.2, 0.25) is 0 Å². The van der Waals surface area contributed by atoms with Crippen LogP contribution in [0.5, 0.6) is 0 Å². The summed E-state index contributed by atoms with van der Waals surface area (Å²) < 4.78 is 38.6. The van der Waals surface area contributed by atoms with E-state index in [1.165, 1.54) is 25.4 Å². The van der Waals surface area contributed by atoms with E-state index < -0.39 is 11.7 Å². The number of ketones is 1. The van der Waals surface area contributed by atoms with E-state index >= 15 is 0 Å². The van der Waals surface area contributed by atoms with E-state index in [0.717, 1.165) is 12.1 Å². The Morgan fingerprint density at radius 2 is 1.54 bits per heavy atom. The van der Waals surface area contributed by atoms with Gasteiger partial charge < -0.3 is 16.4 Å². The van der Waals surface area contributed by atoms with Gasteiger partial charge in [-0.05, 0) is 37.3 Å². The van der Waals surface area contributed by atoms with Gasteiger partial charge in [-0.1, -0.05) is 18.2 Å². The third-order valence-electron chi connectivity index (χ3n) is 3.87. The van der Waals surface area contributed by atoms with Crippen LogP contribution in [0.25, 0.3) is 0 Å². The molecule has 1 aromatic heterocycles. The van der Waals surface area contributed by atoms with Gasteiger partial charge in [0.05, 0.1) is 5.56 Å². The first-order valence-corrected chi connectivity index (χ1v) is 8.17. The van der Waals surface area contributed by atoms with Gasteiger partial charge in [0, 0.05) is 16.9 Å². The fourth-order valence-corrected chi connectivity index (χ4v) is 2.46. The molecule has 0 saturated carbocycles. The Morgan fingerprint density at radius 3 is 2.11 bits per heavy atom. The number of anilines is 5. The fraction of sp³-hybridized carbons (Fsp3) is 0.105. The van der Waals surface area contributed by atoms with Crippen molar-refractivity contribution in [2.75, 3.05) is 16.4 Å². The maximum atomic E-state index is 12.9. The van der Waals surface area contributed by atoms with Gasteiger partial charge in [0.25, 0.3) is 0 Å². The molecule has 0 amide bonds. The van der Waals surface area contributed by atoms with Crippen LogP contribution >= 0.6 is 0 Å². The molecule has 6 nitrogen and oxygen atoms in total. The second-order valence-electron chi connectivity index (χ2n) is 5.95. The van der Waals surface area contributed by atoms with Crippen molar-refractivity contribution in [1.82, 2.24) is 9.97 Å². The number of alkyl halides is 3. The minimum absolute atomic E-state index is 0.0915. The predicted molar refractivity (Wildman–Crippen MR) is 101 cm³/mol. The molecular formula is C19H16F3N5O. The number of nitrogens with zero attached hydrogens (tertiary/aromatic N) is 2. The second-order valence-corrected chi connectivity index (χ2v) is 5.95. The molecule has 0 aliphatic heterocycles. The van der Waals surface area contributed by atoms with Gasteiger partial charge in [-0.2, -0.15) is 13.2 Å². The van der Waals surface area contributed by atoms with Crippen LogP contribution in [0.15, 0.2) is 54.9 Å². The minimum atomic E-state index is -4.46. The molecule has 0 atom stereocenters. The van der Waals surface area contributed by atoms with Crippen LogP contribution in [-0.2, 0) is 6.18 Å². The third-order valence-corrected chi connectivity index (χ3v) is 3.87. The molecule has 3 aromatic rings. The number of Topliss-reactive ketones (excluding diaryl/α,β-unsaturated/α-hetero) is 1. The van der Waals surface area contributed by atoms with Crippen LogP contribution in [0.2, 0.25) is 0 Å². The molecule has 0 unspecified atom stereocenters. The summed E-state index contributed by atoms with van der Waals surface area (Å²) in [6, 6.07) is 11.5. The lowest BCUT2D eigenvalue weighted by Gasteiger charge is -2.14. The zero-order valence-corrected chi connectivity index (χ0v) is 14.7. The fourth-order valence-electron chi connectivity index (χ4n) is 2.46. The highest BCUT2D eigenvalue weighted by Crippen LogP contribution is 2.33. The molecule has 4 N–H and O–H groups in total. The number of carbonyl (C=O) groups excluding carboxylic acids is 1. The molecular weight excluding hydrogens is 371 g/mol. The molecule has 9 heteroatoms. The number of rotatable bonds is 5. The van der Waals surface area contributed by atoms with Crippen molar-refractivity contribution in [3.63, 3.8) is 0 Å². The Hall–Kier alpha value is -3.62. The number of halogens is 3. The first-order chi connectivity index (χ1) is 13.2. The van der Waals surface area contributed by atoms with Crippen LogP contribution in [-0.4, -0.2) is 15.8 Å². The Bertz CT molecular complexity index is 1020. The van der Waals surface area contributed by atoms with E-state index in [1.54, 1.807) is 24.3 Å². The highest BCUT2D eigenvalue weighted by molar-refractivity contribution is 5.95. The molecule has 1 heterocycles. The zero-order valence-electron chi connectivity index (χ0n) is 14.7. The van der Waals surface area contributed by atoms with E-state index in [4.69, 9.17) is 5.73 Å². The Morgan fingerprint density at radius 1 is 0.964 bits per heavy atom. The average molecular weight is 387 g/mol. The maximum absolute atomic E-state index is 12.9. The third kappa shape index (κ3) is 4.37. The molecule has 0 aliphatic carbocycles. The minimum Gasteiger partial charge on any atom is -0.393 e. The van der Waals surface area contributed by atoms with E-state index in [0.29, 0.717) is 11.3 Å². The molecule has 2 aromatic carbocycles. The maximum Gasteiger partial charge on any atom is 0.416 e. The lowest BCUT2D eigenvalue weighted by molar-refractivity contribution is -0.137. The molecule has 0 saturated heterocycles. The molecule has 0 aliphatic rings. The monoisotopic (exact) mass is 387 g/mol. The summed E-state index contributed by atoms with van der Waals surface area (Å²) in [6.45, 7) is 1.45. The van der Waals surface area contributed by atoms with E-state index in [9.17, 15) is 18.0 Å². The molecule has 144 valence electrons. The van der Waals surface area contributed by atoms with Crippen molar-refractivity contribution in [2.45, 2.75) is 13.1 Å². The lowest BCUT2D eigenvalue weighted by Crippen LogP contribution is -2.07. The molecule has 3 rings (SSSR count). The summed E-state index contributed by atoms with van der Waals surface area (Å²) in [5.74, 6) is 0.316. The Balaban J connectivity index is 1.86. The summed E-state index contributed by atoms with van der Waals surface area (Å²) in [7, 11) is 0. The van der Waals surface area contributed by atoms with Crippen LogP contribution in [0.3, 0.4) is 0 Å². The normalized spacial score (nSPS) is 11.1. The van der Waals surface area contributed by atoms with Crippen LogP contribution in [0.4, 0.5) is 41.9 Å². The Kier molecular flexibility index (Phi) is 5.16. The number of nitrogen functional groups attached to an aromatic ring is 1. The largest absolute Gasteiger partial charge is 0.416 e. The van der Waals surface area contributed by atoms with Crippen molar-refractivity contribution in [1.29, 1.82) is 0 Å². The Labute approximate surface area is 158 Å². The number of hydrogen-bond acceptors (Lipinski definition) is 6. The van der Waals surface area contributed by atoms with Crippen LogP contribution < -0.4 is 16.4 Å². The van der Waals surface area contributed by atoms with Crippen LogP contribution in [0, 0.1) is 0 Å². The van der Waals surface area contributed by atoms with Crippen molar-refractivity contribution < 1.29 is 18.0 Å². The number of hydrogen-bond donors (Lipinski definition) is 3. The number of nitrogens with one attached hydrogen (secondary N) is 2. The molecule has 28 heavy (non-hydrogen) atoms. The lowest BCUT2D eigenvalue weighted by atomic mass is 10.1. The zero-order chi connectivity index (χ0) is 20.3. The number of aromatic nitrogens is 2. The molecule has 0 bridgehead atoms. The highest BCUT2D eigenvalue weighted by atomic mass is 19.4. The summed E-state index contributed by atoms with van der Waals surface area (Å²) in [5, 5.41) is 5.75. The summed E-state index contributed by atoms with van der Waals surface area (Å²) in [6.07, 6.45) is -3.23. The molecule has 0 radical (unpaired) electrons. The summed E-state index contributed by atoms with van der Waals surface area (Å²) >= 11 is 0. The SMILES string of the molecule is CC(=O)c1cccc(Nc2ncnc(Nc3cccc(C(F)(F)F)c3)c2N)c1. The second kappa shape index (κ2) is 7.55. The highest BCUT2D eigenvalue weighted by Gasteiger charge is 2.30. The van der Waals surface area contributed by atoms with Crippen molar-refractivity contribution in [3.8, 4) is 0 Å². The summed E-state index contributed by atoms with van der Waals surface area (Å²) in [4.78, 5) is 19.6. The van der Waals surface area contributed by atoms with Crippen molar-refractivity contribution in [3.05, 3.63) is 66.0 Å². The van der Waals surface area contributed by atoms with Gasteiger partial charge in [-0.15, -0.1) is 0 Å². The number of carbonyl (C=O) groups is 1. The van der Waals surface area contributed by atoms with E-state index in [2.05, 4.69) is 20.6 Å². The topological polar surface area (TPSA) is 92.9 Å². The van der Waals surface area contributed by atoms with Crippen molar-refractivity contribution in [2.24, 2.45) is 0 Å². The van der Waals surface area contributed by atoms with E-state index in [1.807, 2.05) is 0 Å². The van der Waals surface area contributed by atoms with E-state index in [-0.39, 0.29) is 28.8 Å². The standard InChI is InChI=1S/C19H16F3N5O/c1-11(28)12-4-2-6-14(8-12)26-17-16(23)18(25-10-24-17)27-15-7-3-5-13(9-15)19(20,21)22/h2-10H,23H2,1H3,(H2,24,25,26,27). The quantitative estimate of drug-likeness (QED) is 0.546. The van der Waals surface area contributed by atoms with Gasteiger partial charge in [0.15, 0.2) is 17.4 Å². The molecule has 0 fully saturated rings. The first-order valence-electron chi connectivity index (χ1n) is 8.17. The first kappa shape index (κ1) is 19.2. The smallest absolute Gasteiger partial charge is 0.393 e. The van der Waals surface area contributed by atoms with Gasteiger partial charge in [-0.3, -0.25) is 4.79 Å². The number of benzene rings is 2. The predicted octanol–water partition coefficient (Wildman–Crippen LogP) is 4.77. The van der Waals surface area contributed by atoms with Gasteiger partial charge >= 0.3 is 6.18 Å². The van der Waals surface area contributed by atoms with Gasteiger partial charge in [0.1, 0.15) is 12.0 Å². The number of nitrogens with two attached hydrogens (primary N) is 1. The summed E-state index contributed by atoms with van der Waals surface area (Å²) in [5.41, 5.74) is 6.68. The van der Waals surface area contributed by atoms with Gasteiger partial charge in [-0.25, -0.2) is 9.97 Å².